The molecule has 1 unspecified atom stereocenters. The second-order valence-corrected chi connectivity index (χ2v) is 6.98. The van der Waals surface area contributed by atoms with Crippen molar-refractivity contribution in [3.8, 4) is 0 Å². The van der Waals surface area contributed by atoms with Crippen LogP contribution in [0, 0.1) is 0 Å². The quantitative estimate of drug-likeness (QED) is 0.743. The Bertz CT molecular complexity index is 406. The molecule has 1 fully saturated rings. The zero-order valence-electron chi connectivity index (χ0n) is 9.46. The van der Waals surface area contributed by atoms with Crippen molar-refractivity contribution in [3.63, 3.8) is 0 Å². The van der Waals surface area contributed by atoms with Gasteiger partial charge in [0.25, 0.3) is 0 Å². The molecule has 1 amide bonds. The molecule has 98 valence electrons. The molecule has 8 heteroatoms. The number of aliphatic carboxylic acids is 1. The summed E-state index contributed by atoms with van der Waals surface area (Å²) in [4.78, 5) is 23.8. The van der Waals surface area contributed by atoms with Crippen molar-refractivity contribution >= 4 is 33.5 Å². The van der Waals surface area contributed by atoms with Gasteiger partial charge in [-0.1, -0.05) is 0 Å². The molecule has 1 atom stereocenters. The third-order valence-corrected chi connectivity index (χ3v) is 4.76. The second kappa shape index (κ2) is 5.72. The molecule has 0 aromatic rings. The van der Waals surface area contributed by atoms with Crippen LogP contribution in [0.3, 0.4) is 0 Å². The van der Waals surface area contributed by atoms with Gasteiger partial charge in [0.15, 0.2) is 9.84 Å². The van der Waals surface area contributed by atoms with E-state index in [2.05, 4.69) is 0 Å². The van der Waals surface area contributed by atoms with Crippen molar-refractivity contribution < 1.29 is 23.1 Å². The Labute approximate surface area is 104 Å². The van der Waals surface area contributed by atoms with E-state index in [4.69, 9.17) is 5.11 Å². The van der Waals surface area contributed by atoms with Gasteiger partial charge < -0.3 is 10.0 Å². The van der Waals surface area contributed by atoms with E-state index < -0.39 is 21.8 Å². The molecule has 0 aliphatic carbocycles. The summed E-state index contributed by atoms with van der Waals surface area (Å²) in [6.07, 6.45) is 1.45. The number of sulfone groups is 1. The van der Waals surface area contributed by atoms with Gasteiger partial charge in [-0.3, -0.25) is 9.59 Å². The molecule has 1 saturated heterocycles. The van der Waals surface area contributed by atoms with Gasteiger partial charge in [0.05, 0.1) is 29.7 Å². The van der Waals surface area contributed by atoms with Gasteiger partial charge in [-0.05, 0) is 6.26 Å². The zero-order chi connectivity index (χ0) is 13.1. The second-order valence-electron chi connectivity index (χ2n) is 3.89. The molecule has 0 bridgehead atoms. The lowest BCUT2D eigenvalue weighted by Crippen LogP contribution is -2.52. The minimum Gasteiger partial charge on any atom is -0.481 e. The predicted octanol–water partition coefficient (Wildman–Crippen LogP) is -0.550. The number of carboxylic acids is 1. The highest BCUT2D eigenvalue weighted by Crippen LogP contribution is 2.16. The Hall–Kier alpha value is -0.760. The van der Waals surface area contributed by atoms with E-state index in [1.54, 1.807) is 6.26 Å². The molecule has 0 aromatic heterocycles. The van der Waals surface area contributed by atoms with Crippen LogP contribution in [0.4, 0.5) is 0 Å². The summed E-state index contributed by atoms with van der Waals surface area (Å²) in [5.74, 6) is -1.37. The van der Waals surface area contributed by atoms with Crippen LogP contribution in [0.15, 0.2) is 0 Å². The maximum Gasteiger partial charge on any atom is 0.305 e. The molecule has 6 nitrogen and oxygen atoms in total. The number of rotatable bonds is 4. The molecule has 1 N–H and O–H groups in total. The number of thioether (sulfide) groups is 1. The Balaban J connectivity index is 2.80. The lowest BCUT2D eigenvalue weighted by Gasteiger charge is -2.34. The Morgan fingerprint density at radius 2 is 2.12 bits per heavy atom. The van der Waals surface area contributed by atoms with Crippen molar-refractivity contribution in [2.75, 3.05) is 30.1 Å². The fourth-order valence-corrected chi connectivity index (χ4v) is 3.73. The van der Waals surface area contributed by atoms with Crippen LogP contribution in [0.1, 0.15) is 6.42 Å². The van der Waals surface area contributed by atoms with Crippen LogP contribution in [-0.2, 0) is 19.4 Å². The summed E-state index contributed by atoms with van der Waals surface area (Å²) < 4.78 is 22.9. The number of carbonyl (C=O) groups excluding carboxylic acids is 1. The lowest BCUT2D eigenvalue weighted by atomic mass is 10.2. The largest absolute Gasteiger partial charge is 0.481 e. The van der Waals surface area contributed by atoms with Gasteiger partial charge in [0, 0.05) is 6.54 Å². The van der Waals surface area contributed by atoms with Gasteiger partial charge >= 0.3 is 5.97 Å². The van der Waals surface area contributed by atoms with Gasteiger partial charge in [-0.15, -0.1) is 0 Å². The third kappa shape index (κ3) is 4.19. The normalized spacial score (nSPS) is 23.4. The molecular weight excluding hydrogens is 266 g/mol. The fraction of sp³-hybridized carbons (Fsp3) is 0.778. The number of hydrogen-bond donors (Lipinski definition) is 1. The number of carboxylic acid groups (broad SMARTS) is 1. The van der Waals surface area contributed by atoms with E-state index in [1.165, 1.54) is 16.7 Å². The number of carbonyl (C=O) groups is 2. The first-order chi connectivity index (χ1) is 7.85. The minimum absolute atomic E-state index is 0.0801. The topological polar surface area (TPSA) is 91.8 Å². The predicted molar refractivity (Wildman–Crippen MR) is 64.8 cm³/mol. The lowest BCUT2D eigenvalue weighted by molar-refractivity contribution is -0.139. The summed E-state index contributed by atoms with van der Waals surface area (Å²) in [5.41, 5.74) is 0. The number of nitrogens with zero attached hydrogens (tertiary/aromatic N) is 1. The van der Waals surface area contributed by atoms with Gasteiger partial charge in [0.1, 0.15) is 0 Å². The molecular formula is C9H15NO5S2. The third-order valence-electron chi connectivity index (χ3n) is 2.53. The summed E-state index contributed by atoms with van der Waals surface area (Å²) in [7, 11) is -3.22. The van der Waals surface area contributed by atoms with E-state index in [1.807, 2.05) is 0 Å². The first-order valence-electron chi connectivity index (χ1n) is 5.06. The minimum atomic E-state index is -3.22. The first kappa shape index (κ1) is 14.3. The fourth-order valence-electron chi connectivity index (χ4n) is 1.79. The summed E-state index contributed by atoms with van der Waals surface area (Å²) in [6, 6.07) is -0.731. The van der Waals surface area contributed by atoms with Crippen molar-refractivity contribution in [2.24, 2.45) is 0 Å². The van der Waals surface area contributed by atoms with Gasteiger partial charge in [-0.2, -0.15) is 11.8 Å². The molecule has 1 heterocycles. The van der Waals surface area contributed by atoms with Crippen molar-refractivity contribution in [3.05, 3.63) is 0 Å². The van der Waals surface area contributed by atoms with Gasteiger partial charge in [0.2, 0.25) is 5.91 Å². The average molecular weight is 281 g/mol. The van der Waals surface area contributed by atoms with E-state index in [0.29, 0.717) is 0 Å². The SMILES string of the molecule is CSCC(=O)N1CCS(=O)(=O)CC1CC(=O)O. The van der Waals surface area contributed by atoms with Crippen LogP contribution in [0.5, 0.6) is 0 Å². The summed E-state index contributed by atoms with van der Waals surface area (Å²) in [6.45, 7) is 0.0969. The van der Waals surface area contributed by atoms with E-state index in [-0.39, 0.29) is 36.1 Å². The Morgan fingerprint density at radius 3 is 2.65 bits per heavy atom. The van der Waals surface area contributed by atoms with Crippen molar-refractivity contribution in [1.82, 2.24) is 4.90 Å². The number of amides is 1. The van der Waals surface area contributed by atoms with Crippen molar-refractivity contribution in [2.45, 2.75) is 12.5 Å². The van der Waals surface area contributed by atoms with Crippen molar-refractivity contribution in [1.29, 1.82) is 0 Å². The highest BCUT2D eigenvalue weighted by Gasteiger charge is 2.34. The highest BCUT2D eigenvalue weighted by molar-refractivity contribution is 7.99. The number of hydrogen-bond acceptors (Lipinski definition) is 5. The molecule has 1 rings (SSSR count). The monoisotopic (exact) mass is 281 g/mol. The van der Waals surface area contributed by atoms with E-state index >= 15 is 0 Å². The molecule has 1 aliphatic heterocycles. The van der Waals surface area contributed by atoms with Crippen LogP contribution in [0.2, 0.25) is 0 Å². The molecule has 0 spiro atoms. The molecule has 17 heavy (non-hydrogen) atoms. The van der Waals surface area contributed by atoms with Gasteiger partial charge in [-0.25, -0.2) is 8.42 Å². The standard InChI is InChI=1S/C9H15NO5S2/c1-16-5-8(11)10-2-3-17(14,15)6-7(10)4-9(12)13/h7H,2-6H2,1H3,(H,12,13). The Morgan fingerprint density at radius 1 is 1.47 bits per heavy atom. The highest BCUT2D eigenvalue weighted by atomic mass is 32.2. The zero-order valence-corrected chi connectivity index (χ0v) is 11.1. The smallest absolute Gasteiger partial charge is 0.305 e. The summed E-state index contributed by atoms with van der Waals surface area (Å²) >= 11 is 1.34. The maximum absolute atomic E-state index is 11.7. The molecule has 0 radical (unpaired) electrons. The van der Waals surface area contributed by atoms with Crippen LogP contribution >= 0.6 is 11.8 Å². The summed E-state index contributed by atoms with van der Waals surface area (Å²) in [5, 5.41) is 8.73. The average Bonchev–Trinajstić information content (AvgIpc) is 2.15. The molecule has 0 aromatic carbocycles. The van der Waals surface area contributed by atoms with Crippen LogP contribution in [-0.4, -0.2) is 66.4 Å². The first-order valence-corrected chi connectivity index (χ1v) is 8.28. The van der Waals surface area contributed by atoms with Crippen LogP contribution in [0.25, 0.3) is 0 Å². The Kier molecular flexibility index (Phi) is 4.81. The maximum atomic E-state index is 11.7. The van der Waals surface area contributed by atoms with E-state index in [9.17, 15) is 18.0 Å². The van der Waals surface area contributed by atoms with E-state index in [0.717, 1.165) is 0 Å². The van der Waals surface area contributed by atoms with Crippen LogP contribution < -0.4 is 0 Å². The molecule has 1 aliphatic rings. The molecule has 0 saturated carbocycles.